The van der Waals surface area contributed by atoms with Gasteiger partial charge < -0.3 is 15.3 Å². The summed E-state index contributed by atoms with van der Waals surface area (Å²) in [6, 6.07) is 4.89. The van der Waals surface area contributed by atoms with Crippen LogP contribution in [0.25, 0.3) is 0 Å². The van der Waals surface area contributed by atoms with E-state index in [9.17, 15) is 19.5 Å². The first kappa shape index (κ1) is 19.7. The number of carbonyl (C=O) groups is 3. The van der Waals surface area contributed by atoms with Crippen LogP contribution in [0.15, 0.2) is 18.2 Å². The largest absolute Gasteiger partial charge is 0.481 e. The number of nitrogens with zero attached hydrogens (tertiary/aromatic N) is 1. The molecule has 27 heavy (non-hydrogen) atoms. The van der Waals surface area contributed by atoms with Gasteiger partial charge in [0.05, 0.1) is 17.2 Å². The number of aliphatic carboxylic acids is 1. The Labute approximate surface area is 163 Å². The SMILES string of the molecule is O=C(O)C1CCCC(C(=O)Nc2cc(Cl)ccc2C(=O)N2CCCCC2)C1. The highest BCUT2D eigenvalue weighted by molar-refractivity contribution is 6.31. The smallest absolute Gasteiger partial charge is 0.306 e. The standard InChI is InChI=1S/C20H25ClN2O4/c21-15-7-8-16(19(25)23-9-2-1-3-10-23)17(12-15)22-18(24)13-5-4-6-14(11-13)20(26)27/h7-8,12-14H,1-6,9-11H2,(H,22,24)(H,26,27). The molecular weight excluding hydrogens is 368 g/mol. The van der Waals surface area contributed by atoms with Crippen molar-refractivity contribution in [1.29, 1.82) is 0 Å². The van der Waals surface area contributed by atoms with E-state index >= 15 is 0 Å². The zero-order chi connectivity index (χ0) is 19.4. The molecule has 2 amide bonds. The maximum atomic E-state index is 12.9. The van der Waals surface area contributed by atoms with Gasteiger partial charge in [-0.15, -0.1) is 0 Å². The van der Waals surface area contributed by atoms with E-state index in [1.807, 2.05) is 4.90 Å². The number of anilines is 1. The Bertz CT molecular complexity index is 731. The molecular formula is C20H25ClN2O4. The lowest BCUT2D eigenvalue weighted by Crippen LogP contribution is -2.36. The molecule has 1 saturated heterocycles. The first-order valence-corrected chi connectivity index (χ1v) is 9.96. The van der Waals surface area contributed by atoms with Crippen LogP contribution in [0, 0.1) is 11.8 Å². The maximum absolute atomic E-state index is 12.9. The molecule has 0 aromatic heterocycles. The number of hydrogen-bond acceptors (Lipinski definition) is 3. The molecule has 6 nitrogen and oxygen atoms in total. The number of piperidine rings is 1. The summed E-state index contributed by atoms with van der Waals surface area (Å²) in [5.41, 5.74) is 0.834. The number of amides is 2. The second kappa shape index (κ2) is 8.74. The highest BCUT2D eigenvalue weighted by Gasteiger charge is 2.31. The number of likely N-dealkylation sites (tertiary alicyclic amines) is 1. The van der Waals surface area contributed by atoms with Gasteiger partial charge in [-0.3, -0.25) is 14.4 Å². The van der Waals surface area contributed by atoms with Gasteiger partial charge in [-0.25, -0.2) is 0 Å². The minimum atomic E-state index is -0.851. The van der Waals surface area contributed by atoms with Crippen LogP contribution in [0.2, 0.25) is 5.02 Å². The fraction of sp³-hybridized carbons (Fsp3) is 0.550. The first-order chi connectivity index (χ1) is 13.0. The van der Waals surface area contributed by atoms with Crippen LogP contribution >= 0.6 is 11.6 Å². The molecule has 0 radical (unpaired) electrons. The normalized spacial score (nSPS) is 22.9. The van der Waals surface area contributed by atoms with Gasteiger partial charge >= 0.3 is 5.97 Å². The minimum absolute atomic E-state index is 0.103. The van der Waals surface area contributed by atoms with Crippen LogP contribution in [-0.2, 0) is 9.59 Å². The molecule has 7 heteroatoms. The molecule has 2 N–H and O–H groups in total. The van der Waals surface area contributed by atoms with Gasteiger partial charge in [0.15, 0.2) is 0 Å². The van der Waals surface area contributed by atoms with Crippen LogP contribution in [0.5, 0.6) is 0 Å². The van der Waals surface area contributed by atoms with Gasteiger partial charge in [0.25, 0.3) is 5.91 Å². The summed E-state index contributed by atoms with van der Waals surface area (Å²) in [6.45, 7) is 1.44. The molecule has 0 bridgehead atoms. The highest BCUT2D eigenvalue weighted by atomic mass is 35.5. The Balaban J connectivity index is 1.75. The number of carbonyl (C=O) groups excluding carboxylic acids is 2. The molecule has 3 rings (SSSR count). The fourth-order valence-electron chi connectivity index (χ4n) is 3.96. The summed E-state index contributed by atoms with van der Waals surface area (Å²) >= 11 is 6.09. The summed E-state index contributed by atoms with van der Waals surface area (Å²) < 4.78 is 0. The van der Waals surface area contributed by atoms with E-state index in [0.717, 1.165) is 32.4 Å². The van der Waals surface area contributed by atoms with Crippen molar-refractivity contribution < 1.29 is 19.5 Å². The van der Waals surface area contributed by atoms with Gasteiger partial charge in [0, 0.05) is 24.0 Å². The lowest BCUT2D eigenvalue weighted by Gasteiger charge is -2.28. The summed E-state index contributed by atoms with van der Waals surface area (Å²) in [6.07, 6.45) is 5.40. The van der Waals surface area contributed by atoms with E-state index in [4.69, 9.17) is 11.6 Å². The van der Waals surface area contributed by atoms with E-state index in [1.165, 1.54) is 0 Å². The summed E-state index contributed by atoms with van der Waals surface area (Å²) in [5, 5.41) is 12.5. The molecule has 1 saturated carbocycles. The lowest BCUT2D eigenvalue weighted by molar-refractivity contribution is -0.143. The van der Waals surface area contributed by atoms with Gasteiger partial charge in [0.1, 0.15) is 0 Å². The topological polar surface area (TPSA) is 86.7 Å². The lowest BCUT2D eigenvalue weighted by atomic mass is 9.81. The Kier molecular flexibility index (Phi) is 6.37. The molecule has 1 aromatic rings. The molecule has 2 fully saturated rings. The summed E-state index contributed by atoms with van der Waals surface area (Å²) in [5.74, 6) is -2.04. The molecule has 1 aromatic carbocycles. The predicted octanol–water partition coefficient (Wildman–Crippen LogP) is 3.80. The van der Waals surface area contributed by atoms with Crippen molar-refractivity contribution in [3.8, 4) is 0 Å². The third-order valence-corrected chi connectivity index (χ3v) is 5.74. The van der Waals surface area contributed by atoms with Gasteiger partial charge in [0.2, 0.25) is 5.91 Å². The van der Waals surface area contributed by atoms with Gasteiger partial charge in [-0.1, -0.05) is 18.0 Å². The van der Waals surface area contributed by atoms with Crippen LogP contribution in [-0.4, -0.2) is 40.9 Å². The fourth-order valence-corrected chi connectivity index (χ4v) is 4.13. The summed E-state index contributed by atoms with van der Waals surface area (Å²) in [4.78, 5) is 38.7. The number of carboxylic acids is 1. The second-order valence-electron chi connectivity index (χ2n) is 7.43. The van der Waals surface area contributed by atoms with Crippen molar-refractivity contribution >= 4 is 35.1 Å². The molecule has 146 valence electrons. The van der Waals surface area contributed by atoms with E-state index in [1.54, 1.807) is 18.2 Å². The monoisotopic (exact) mass is 392 g/mol. The minimum Gasteiger partial charge on any atom is -0.481 e. The second-order valence-corrected chi connectivity index (χ2v) is 7.87. The number of rotatable bonds is 4. The molecule has 1 aliphatic heterocycles. The Morgan fingerprint density at radius 3 is 2.44 bits per heavy atom. The van der Waals surface area contributed by atoms with Crippen molar-refractivity contribution in [2.75, 3.05) is 18.4 Å². The van der Waals surface area contributed by atoms with E-state index in [-0.39, 0.29) is 17.7 Å². The molecule has 2 atom stereocenters. The number of halogens is 1. The molecule has 2 unspecified atom stereocenters. The van der Waals surface area contributed by atoms with Crippen molar-refractivity contribution in [1.82, 2.24) is 4.90 Å². The van der Waals surface area contributed by atoms with Gasteiger partial charge in [-0.2, -0.15) is 0 Å². The van der Waals surface area contributed by atoms with Crippen molar-refractivity contribution in [2.24, 2.45) is 11.8 Å². The molecule has 1 aliphatic carbocycles. The third-order valence-electron chi connectivity index (χ3n) is 5.51. The number of carboxylic acid groups (broad SMARTS) is 1. The van der Waals surface area contributed by atoms with Crippen LogP contribution in [0.3, 0.4) is 0 Å². The van der Waals surface area contributed by atoms with Crippen LogP contribution < -0.4 is 5.32 Å². The van der Waals surface area contributed by atoms with E-state index in [2.05, 4.69) is 5.32 Å². The predicted molar refractivity (Wildman–Crippen MR) is 103 cm³/mol. The molecule has 1 heterocycles. The van der Waals surface area contributed by atoms with Crippen molar-refractivity contribution in [3.05, 3.63) is 28.8 Å². The number of benzene rings is 1. The Hall–Kier alpha value is -2.08. The Morgan fingerprint density at radius 1 is 1.04 bits per heavy atom. The zero-order valence-corrected chi connectivity index (χ0v) is 16.0. The zero-order valence-electron chi connectivity index (χ0n) is 15.2. The maximum Gasteiger partial charge on any atom is 0.306 e. The van der Waals surface area contributed by atoms with Crippen LogP contribution in [0.1, 0.15) is 55.3 Å². The molecule has 2 aliphatic rings. The average molecular weight is 393 g/mol. The quantitative estimate of drug-likeness (QED) is 0.815. The van der Waals surface area contributed by atoms with Crippen molar-refractivity contribution in [2.45, 2.75) is 44.9 Å². The van der Waals surface area contributed by atoms with Crippen molar-refractivity contribution in [3.63, 3.8) is 0 Å². The summed E-state index contributed by atoms with van der Waals surface area (Å²) in [7, 11) is 0. The van der Waals surface area contributed by atoms with E-state index in [0.29, 0.717) is 42.0 Å². The number of hydrogen-bond donors (Lipinski definition) is 2. The average Bonchev–Trinajstić information content (AvgIpc) is 2.68. The third kappa shape index (κ3) is 4.80. The Morgan fingerprint density at radius 2 is 1.74 bits per heavy atom. The van der Waals surface area contributed by atoms with Crippen LogP contribution in [0.4, 0.5) is 5.69 Å². The first-order valence-electron chi connectivity index (χ1n) is 9.58. The number of nitrogens with one attached hydrogen (secondary N) is 1. The van der Waals surface area contributed by atoms with E-state index < -0.39 is 11.9 Å². The van der Waals surface area contributed by atoms with Gasteiger partial charge in [-0.05, 0) is 56.7 Å². The highest BCUT2D eigenvalue weighted by Crippen LogP contribution is 2.31. The molecule has 0 spiro atoms.